The van der Waals surface area contributed by atoms with Gasteiger partial charge in [0, 0.05) is 56.8 Å². The molecule has 0 radical (unpaired) electrons. The van der Waals surface area contributed by atoms with Gasteiger partial charge in [0.25, 0.3) is 0 Å². The summed E-state index contributed by atoms with van der Waals surface area (Å²) in [7, 11) is 1.99. The Labute approximate surface area is 214 Å². The lowest BCUT2D eigenvalue weighted by Gasteiger charge is -2.38. The lowest BCUT2D eigenvalue weighted by molar-refractivity contribution is 0.139. The van der Waals surface area contributed by atoms with E-state index in [0.29, 0.717) is 13.1 Å². The van der Waals surface area contributed by atoms with E-state index in [-0.39, 0.29) is 6.03 Å². The molecule has 1 saturated heterocycles. The lowest BCUT2D eigenvalue weighted by Crippen LogP contribution is -2.51. The second-order valence-corrected chi connectivity index (χ2v) is 9.95. The van der Waals surface area contributed by atoms with Crippen LogP contribution in [-0.4, -0.2) is 84.5 Å². The first-order valence-electron chi connectivity index (χ1n) is 12.8. The SMILES string of the molecule is Cn1cnc2ccc(Nc3ncnc4[nH]c(C5=CCN(C(=O)N6CCN7CCC=C7C6)CC5)cc34)cc21. The van der Waals surface area contributed by atoms with Crippen LogP contribution < -0.4 is 5.32 Å². The normalized spacial score (nSPS) is 17.8. The fraction of sp³-hybridized carbons (Fsp3) is 0.333. The summed E-state index contributed by atoms with van der Waals surface area (Å²) in [6.45, 7) is 4.89. The van der Waals surface area contributed by atoms with Gasteiger partial charge in [-0.15, -0.1) is 0 Å². The summed E-state index contributed by atoms with van der Waals surface area (Å²) in [6, 6.07) is 8.33. The zero-order valence-electron chi connectivity index (χ0n) is 20.8. The Hall–Kier alpha value is -4.34. The number of hydrogen-bond donors (Lipinski definition) is 2. The number of rotatable bonds is 3. The average Bonchev–Trinajstić information content (AvgIpc) is 3.67. The number of amides is 2. The maximum atomic E-state index is 13.2. The van der Waals surface area contributed by atoms with Crippen LogP contribution in [0.5, 0.6) is 0 Å². The van der Waals surface area contributed by atoms with Gasteiger partial charge in [0.05, 0.1) is 29.3 Å². The predicted molar refractivity (Wildman–Crippen MR) is 143 cm³/mol. The quantitative estimate of drug-likeness (QED) is 0.450. The van der Waals surface area contributed by atoms with Crippen LogP contribution in [0.4, 0.5) is 16.3 Å². The summed E-state index contributed by atoms with van der Waals surface area (Å²) < 4.78 is 2.00. The first kappa shape index (κ1) is 21.9. The Kier molecular flexibility index (Phi) is 5.12. The van der Waals surface area contributed by atoms with Crippen LogP contribution in [0.25, 0.3) is 27.6 Å². The number of imidazole rings is 1. The second kappa shape index (κ2) is 8.65. The number of aryl methyl sites for hydroxylation is 1. The number of fused-ring (bicyclic) bond motifs is 3. The van der Waals surface area contributed by atoms with Gasteiger partial charge >= 0.3 is 6.03 Å². The molecule has 6 heterocycles. The minimum absolute atomic E-state index is 0.141. The van der Waals surface area contributed by atoms with E-state index in [4.69, 9.17) is 0 Å². The van der Waals surface area contributed by atoms with Gasteiger partial charge in [-0.3, -0.25) is 0 Å². The van der Waals surface area contributed by atoms with Crippen molar-refractivity contribution in [2.75, 3.05) is 44.6 Å². The smallest absolute Gasteiger partial charge is 0.320 e. The number of carbonyl (C=O) groups is 1. The Morgan fingerprint density at radius 1 is 1.03 bits per heavy atom. The van der Waals surface area contributed by atoms with Crippen molar-refractivity contribution in [2.24, 2.45) is 7.05 Å². The lowest BCUT2D eigenvalue weighted by atomic mass is 10.0. The summed E-state index contributed by atoms with van der Waals surface area (Å²) in [6.07, 6.45) is 9.71. The average molecular weight is 496 g/mol. The van der Waals surface area contributed by atoms with Gasteiger partial charge in [-0.25, -0.2) is 19.7 Å². The van der Waals surface area contributed by atoms with Crippen LogP contribution in [0.1, 0.15) is 18.5 Å². The van der Waals surface area contributed by atoms with Crippen molar-refractivity contribution in [1.29, 1.82) is 0 Å². The van der Waals surface area contributed by atoms with Gasteiger partial charge in [0.15, 0.2) is 0 Å². The summed E-state index contributed by atoms with van der Waals surface area (Å²) in [5.41, 5.74) is 7.27. The summed E-state index contributed by atoms with van der Waals surface area (Å²) >= 11 is 0. The third kappa shape index (κ3) is 3.89. The molecule has 0 unspecified atom stereocenters. The monoisotopic (exact) mass is 495 g/mol. The van der Waals surface area contributed by atoms with Crippen molar-refractivity contribution in [3.05, 3.63) is 60.5 Å². The molecule has 1 fully saturated rings. The van der Waals surface area contributed by atoms with Gasteiger partial charge in [0.1, 0.15) is 17.8 Å². The van der Waals surface area contributed by atoms with E-state index in [1.807, 2.05) is 39.9 Å². The number of aromatic nitrogens is 5. The fourth-order valence-corrected chi connectivity index (χ4v) is 5.60. The molecule has 0 atom stereocenters. The Morgan fingerprint density at radius 3 is 2.86 bits per heavy atom. The molecule has 0 saturated carbocycles. The molecule has 0 aliphatic carbocycles. The molecular formula is C27H29N9O. The van der Waals surface area contributed by atoms with E-state index < -0.39 is 0 Å². The molecule has 3 aromatic heterocycles. The number of nitrogens with one attached hydrogen (secondary N) is 2. The number of carbonyl (C=O) groups excluding carboxylic acids is 1. The molecule has 1 aromatic carbocycles. The summed E-state index contributed by atoms with van der Waals surface area (Å²) in [4.78, 5) is 36.3. The van der Waals surface area contributed by atoms with Crippen LogP contribution in [0.15, 0.2) is 54.8 Å². The number of H-pyrrole nitrogens is 1. The van der Waals surface area contributed by atoms with Gasteiger partial charge in [-0.1, -0.05) is 12.2 Å². The van der Waals surface area contributed by atoms with Crippen molar-refractivity contribution in [3.63, 3.8) is 0 Å². The maximum Gasteiger partial charge on any atom is 0.320 e. The second-order valence-electron chi connectivity index (χ2n) is 9.95. The highest BCUT2D eigenvalue weighted by atomic mass is 16.2. The van der Waals surface area contributed by atoms with Gasteiger partial charge < -0.3 is 29.6 Å². The molecule has 188 valence electrons. The van der Waals surface area contributed by atoms with Crippen molar-refractivity contribution >= 4 is 45.2 Å². The first-order valence-corrected chi connectivity index (χ1v) is 12.8. The highest BCUT2D eigenvalue weighted by molar-refractivity contribution is 5.93. The van der Waals surface area contributed by atoms with Gasteiger partial charge in [-0.2, -0.15) is 0 Å². The Bertz CT molecular complexity index is 1580. The van der Waals surface area contributed by atoms with Crippen LogP contribution in [0.2, 0.25) is 0 Å². The molecule has 3 aliphatic heterocycles. The molecule has 0 bridgehead atoms. The van der Waals surface area contributed by atoms with Crippen LogP contribution in [0.3, 0.4) is 0 Å². The molecule has 37 heavy (non-hydrogen) atoms. The third-order valence-electron chi connectivity index (χ3n) is 7.69. The Morgan fingerprint density at radius 2 is 1.97 bits per heavy atom. The van der Waals surface area contributed by atoms with Crippen molar-refractivity contribution in [3.8, 4) is 0 Å². The molecule has 10 heteroatoms. The highest BCUT2D eigenvalue weighted by Crippen LogP contribution is 2.30. The van der Waals surface area contributed by atoms with E-state index in [0.717, 1.165) is 78.3 Å². The number of benzene rings is 1. The fourth-order valence-electron chi connectivity index (χ4n) is 5.60. The molecule has 4 aromatic rings. The van der Waals surface area contributed by atoms with Crippen LogP contribution in [-0.2, 0) is 7.05 Å². The van der Waals surface area contributed by atoms with Gasteiger partial charge in [0.2, 0.25) is 0 Å². The van der Waals surface area contributed by atoms with E-state index >= 15 is 0 Å². The Balaban J connectivity index is 1.08. The third-order valence-corrected chi connectivity index (χ3v) is 7.69. The molecule has 10 nitrogen and oxygen atoms in total. The van der Waals surface area contributed by atoms with E-state index in [1.165, 1.54) is 11.3 Å². The number of anilines is 2. The van der Waals surface area contributed by atoms with Crippen molar-refractivity contribution in [1.82, 2.24) is 39.2 Å². The van der Waals surface area contributed by atoms with Crippen LogP contribution >= 0.6 is 0 Å². The topological polar surface area (TPSA) is 98.2 Å². The number of hydrogen-bond acceptors (Lipinski definition) is 6. The summed E-state index contributed by atoms with van der Waals surface area (Å²) in [5.74, 6) is 0.752. The van der Waals surface area contributed by atoms with E-state index in [1.54, 1.807) is 6.33 Å². The minimum atomic E-state index is 0.141. The molecule has 7 rings (SSSR count). The number of aromatic amines is 1. The van der Waals surface area contributed by atoms with Crippen molar-refractivity contribution in [2.45, 2.75) is 12.8 Å². The van der Waals surface area contributed by atoms with E-state index in [9.17, 15) is 4.79 Å². The largest absolute Gasteiger partial charge is 0.372 e. The standard InChI is InChI=1S/C27H29N9O/c1-33-17-30-22-5-4-19(13-24(22)33)31-25-21-14-23(32-26(21)29-16-28-25)18-6-9-35(10-7-18)27(37)36-12-11-34-8-2-3-20(34)15-36/h3-6,13-14,16-17H,2,7-12,15H2,1H3,(H2,28,29,31,32). The highest BCUT2D eigenvalue weighted by Gasteiger charge is 2.30. The number of urea groups is 1. The molecular weight excluding hydrogens is 466 g/mol. The van der Waals surface area contributed by atoms with Crippen molar-refractivity contribution < 1.29 is 4.79 Å². The molecule has 2 N–H and O–H groups in total. The maximum absolute atomic E-state index is 13.2. The molecule has 0 spiro atoms. The zero-order valence-corrected chi connectivity index (χ0v) is 20.8. The molecule has 2 amide bonds. The number of nitrogens with zero attached hydrogens (tertiary/aromatic N) is 7. The first-order chi connectivity index (χ1) is 18.1. The zero-order chi connectivity index (χ0) is 24.9. The predicted octanol–water partition coefficient (Wildman–Crippen LogP) is 3.70. The minimum Gasteiger partial charge on any atom is -0.372 e. The van der Waals surface area contributed by atoms with Gasteiger partial charge in [-0.05, 0) is 42.7 Å². The number of piperazine rings is 1. The summed E-state index contributed by atoms with van der Waals surface area (Å²) in [5, 5.41) is 4.38. The van der Waals surface area contributed by atoms with Crippen LogP contribution in [0, 0.1) is 0 Å². The molecule has 3 aliphatic rings. The van der Waals surface area contributed by atoms with E-state index in [2.05, 4.69) is 54.4 Å².